The highest BCUT2D eigenvalue weighted by Crippen LogP contribution is 2.17. The van der Waals surface area contributed by atoms with Crippen molar-refractivity contribution in [2.24, 2.45) is 0 Å². The van der Waals surface area contributed by atoms with E-state index in [1.807, 2.05) is 18.2 Å². The molecule has 1 aliphatic heterocycles. The molecule has 1 fully saturated rings. The highest BCUT2D eigenvalue weighted by Gasteiger charge is 2.22. The summed E-state index contributed by atoms with van der Waals surface area (Å²) in [6, 6.07) is 7.35. The van der Waals surface area contributed by atoms with Gasteiger partial charge in [0.05, 0.1) is 6.61 Å². The lowest BCUT2D eigenvalue weighted by Crippen LogP contribution is -2.49. The molecule has 1 heterocycles. The molecule has 2 amide bonds. The van der Waals surface area contributed by atoms with Crippen LogP contribution < -0.4 is 10.1 Å². The standard InChI is InChI=1S/C17H24ClN3O4/c1-19-16(22)13-25-17(23)21-9-7-20(8-10-21)6-3-11-24-15-5-2-4-14(18)12-15/h2,4-5,12H,3,6-11,13H2,1H3,(H,19,22). The summed E-state index contributed by atoms with van der Waals surface area (Å²) in [5.74, 6) is 0.461. The number of halogens is 1. The van der Waals surface area contributed by atoms with Gasteiger partial charge in [0.2, 0.25) is 0 Å². The molecular formula is C17H24ClN3O4. The van der Waals surface area contributed by atoms with Crippen LogP contribution in [0.2, 0.25) is 5.02 Å². The molecule has 0 spiro atoms. The molecule has 1 N–H and O–H groups in total. The Labute approximate surface area is 152 Å². The van der Waals surface area contributed by atoms with Gasteiger partial charge in [-0.1, -0.05) is 17.7 Å². The Balaban J connectivity index is 1.59. The Morgan fingerprint density at radius 1 is 1.24 bits per heavy atom. The fourth-order valence-electron chi connectivity index (χ4n) is 2.48. The normalized spacial score (nSPS) is 14.9. The summed E-state index contributed by atoms with van der Waals surface area (Å²) in [6.07, 6.45) is 0.459. The van der Waals surface area contributed by atoms with Gasteiger partial charge in [0.15, 0.2) is 6.61 Å². The van der Waals surface area contributed by atoms with Crippen LogP contribution in [0.15, 0.2) is 24.3 Å². The van der Waals surface area contributed by atoms with E-state index in [2.05, 4.69) is 10.2 Å². The maximum atomic E-state index is 11.8. The number of nitrogens with one attached hydrogen (secondary N) is 1. The third-order valence-corrected chi connectivity index (χ3v) is 4.15. The molecule has 7 nitrogen and oxygen atoms in total. The topological polar surface area (TPSA) is 71.1 Å². The van der Waals surface area contributed by atoms with Crippen LogP contribution in [0.3, 0.4) is 0 Å². The highest BCUT2D eigenvalue weighted by molar-refractivity contribution is 6.30. The van der Waals surface area contributed by atoms with E-state index in [1.54, 1.807) is 11.0 Å². The van der Waals surface area contributed by atoms with Gasteiger partial charge in [0, 0.05) is 44.8 Å². The molecule has 0 aromatic heterocycles. The van der Waals surface area contributed by atoms with Crippen molar-refractivity contribution >= 4 is 23.6 Å². The first kappa shape index (κ1) is 19.3. The van der Waals surface area contributed by atoms with Crippen LogP contribution in [-0.4, -0.2) is 74.8 Å². The maximum Gasteiger partial charge on any atom is 0.410 e. The van der Waals surface area contributed by atoms with Crippen molar-refractivity contribution in [3.63, 3.8) is 0 Å². The van der Waals surface area contributed by atoms with E-state index >= 15 is 0 Å². The van der Waals surface area contributed by atoms with E-state index in [4.69, 9.17) is 21.1 Å². The molecule has 1 aliphatic rings. The highest BCUT2D eigenvalue weighted by atomic mass is 35.5. The number of rotatable bonds is 7. The number of benzene rings is 1. The predicted octanol–water partition coefficient (Wildman–Crippen LogP) is 1.61. The Morgan fingerprint density at radius 2 is 2.00 bits per heavy atom. The first-order valence-corrected chi connectivity index (χ1v) is 8.69. The molecule has 25 heavy (non-hydrogen) atoms. The smallest absolute Gasteiger partial charge is 0.410 e. The molecule has 0 atom stereocenters. The van der Waals surface area contributed by atoms with Crippen molar-refractivity contribution in [2.45, 2.75) is 6.42 Å². The van der Waals surface area contributed by atoms with E-state index in [9.17, 15) is 9.59 Å². The van der Waals surface area contributed by atoms with Crippen LogP contribution in [0.4, 0.5) is 4.79 Å². The van der Waals surface area contributed by atoms with Crippen molar-refractivity contribution in [2.75, 3.05) is 53.0 Å². The molecule has 2 rings (SSSR count). The molecule has 0 unspecified atom stereocenters. The van der Waals surface area contributed by atoms with Crippen molar-refractivity contribution in [1.29, 1.82) is 0 Å². The lowest BCUT2D eigenvalue weighted by atomic mass is 10.3. The van der Waals surface area contributed by atoms with Crippen LogP contribution in [-0.2, 0) is 9.53 Å². The monoisotopic (exact) mass is 369 g/mol. The SMILES string of the molecule is CNC(=O)COC(=O)N1CCN(CCCOc2cccc(Cl)c2)CC1. The zero-order valence-electron chi connectivity index (χ0n) is 14.4. The van der Waals surface area contributed by atoms with Crippen LogP contribution in [0.5, 0.6) is 5.75 Å². The van der Waals surface area contributed by atoms with E-state index < -0.39 is 6.09 Å². The van der Waals surface area contributed by atoms with Gasteiger partial charge in [0.1, 0.15) is 5.75 Å². The minimum atomic E-state index is -0.437. The molecule has 0 aliphatic carbocycles. The zero-order chi connectivity index (χ0) is 18.1. The zero-order valence-corrected chi connectivity index (χ0v) is 15.1. The Bertz CT molecular complexity index is 577. The van der Waals surface area contributed by atoms with Gasteiger partial charge in [-0.2, -0.15) is 0 Å². The van der Waals surface area contributed by atoms with E-state index in [-0.39, 0.29) is 12.5 Å². The molecule has 0 radical (unpaired) electrons. The van der Waals surface area contributed by atoms with Gasteiger partial charge in [-0.15, -0.1) is 0 Å². The molecular weight excluding hydrogens is 346 g/mol. The maximum absolute atomic E-state index is 11.8. The van der Waals surface area contributed by atoms with Crippen LogP contribution >= 0.6 is 11.6 Å². The lowest BCUT2D eigenvalue weighted by molar-refractivity contribution is -0.123. The quantitative estimate of drug-likeness (QED) is 0.739. The summed E-state index contributed by atoms with van der Waals surface area (Å²) in [4.78, 5) is 26.8. The van der Waals surface area contributed by atoms with Gasteiger partial charge in [-0.3, -0.25) is 9.69 Å². The molecule has 1 saturated heterocycles. The Morgan fingerprint density at radius 3 is 2.68 bits per heavy atom. The van der Waals surface area contributed by atoms with Crippen LogP contribution in [0.25, 0.3) is 0 Å². The average Bonchev–Trinajstić information content (AvgIpc) is 2.63. The summed E-state index contributed by atoms with van der Waals surface area (Å²) in [5, 5.41) is 3.08. The summed E-state index contributed by atoms with van der Waals surface area (Å²) in [5.41, 5.74) is 0. The Hall–Kier alpha value is -1.99. The second-order valence-corrected chi connectivity index (χ2v) is 6.15. The number of likely N-dealkylation sites (N-methyl/N-ethyl adjacent to an activating group) is 1. The largest absolute Gasteiger partial charge is 0.493 e. The van der Waals surface area contributed by atoms with E-state index in [0.717, 1.165) is 31.8 Å². The van der Waals surface area contributed by atoms with Gasteiger partial charge < -0.3 is 19.7 Å². The number of piperazine rings is 1. The van der Waals surface area contributed by atoms with Gasteiger partial charge in [-0.05, 0) is 24.6 Å². The third kappa shape index (κ3) is 6.80. The number of nitrogens with zero attached hydrogens (tertiary/aromatic N) is 2. The minimum absolute atomic E-state index is 0.240. The number of carbonyl (C=O) groups excluding carboxylic acids is 2. The summed E-state index contributed by atoms with van der Waals surface area (Å²) < 4.78 is 10.6. The van der Waals surface area contributed by atoms with Gasteiger partial charge >= 0.3 is 6.09 Å². The fourth-order valence-corrected chi connectivity index (χ4v) is 2.66. The summed E-state index contributed by atoms with van der Waals surface area (Å²) in [7, 11) is 1.51. The van der Waals surface area contributed by atoms with E-state index in [0.29, 0.717) is 24.7 Å². The third-order valence-electron chi connectivity index (χ3n) is 3.92. The minimum Gasteiger partial charge on any atom is -0.493 e. The number of hydrogen-bond acceptors (Lipinski definition) is 5. The molecule has 8 heteroatoms. The fraction of sp³-hybridized carbons (Fsp3) is 0.529. The Kier molecular flexibility index (Phi) is 7.81. The number of ether oxygens (including phenoxy) is 2. The molecule has 138 valence electrons. The van der Waals surface area contributed by atoms with Crippen molar-refractivity contribution in [3.8, 4) is 5.75 Å². The number of carbonyl (C=O) groups is 2. The summed E-state index contributed by atoms with van der Waals surface area (Å²) in [6.45, 7) is 4.05. The second-order valence-electron chi connectivity index (χ2n) is 5.72. The van der Waals surface area contributed by atoms with Crippen molar-refractivity contribution in [1.82, 2.24) is 15.1 Å². The van der Waals surface area contributed by atoms with Gasteiger partial charge in [-0.25, -0.2) is 4.79 Å². The number of amides is 2. The molecule has 0 saturated carbocycles. The number of hydrogen-bond donors (Lipinski definition) is 1. The van der Waals surface area contributed by atoms with E-state index in [1.165, 1.54) is 7.05 Å². The molecule has 1 aromatic carbocycles. The lowest BCUT2D eigenvalue weighted by Gasteiger charge is -2.33. The summed E-state index contributed by atoms with van der Waals surface area (Å²) >= 11 is 5.91. The van der Waals surface area contributed by atoms with Crippen LogP contribution in [0, 0.1) is 0 Å². The first-order valence-electron chi connectivity index (χ1n) is 8.31. The predicted molar refractivity (Wildman–Crippen MR) is 95.0 cm³/mol. The molecule has 0 bridgehead atoms. The van der Waals surface area contributed by atoms with Crippen LogP contribution in [0.1, 0.15) is 6.42 Å². The second kappa shape index (κ2) is 10.1. The van der Waals surface area contributed by atoms with Gasteiger partial charge in [0.25, 0.3) is 5.91 Å². The molecule has 1 aromatic rings. The average molecular weight is 370 g/mol. The first-order chi connectivity index (χ1) is 12.1. The van der Waals surface area contributed by atoms with Crippen molar-refractivity contribution in [3.05, 3.63) is 29.3 Å². The van der Waals surface area contributed by atoms with Crippen molar-refractivity contribution < 1.29 is 19.1 Å².